The molecule has 2 unspecified atom stereocenters. The van der Waals surface area contributed by atoms with Crippen LogP contribution in [0.25, 0.3) is 0 Å². The zero-order chi connectivity index (χ0) is 11.0. The van der Waals surface area contributed by atoms with Crippen LogP contribution in [-0.2, 0) is 0 Å². The van der Waals surface area contributed by atoms with Crippen molar-refractivity contribution >= 4 is 5.69 Å². The molecule has 1 aromatic carbocycles. The highest BCUT2D eigenvalue weighted by Crippen LogP contribution is 2.48. The van der Waals surface area contributed by atoms with E-state index in [0.29, 0.717) is 18.4 Å². The lowest BCUT2D eigenvalue weighted by Crippen LogP contribution is -2.02. The summed E-state index contributed by atoms with van der Waals surface area (Å²) < 4.78 is 0. The van der Waals surface area contributed by atoms with E-state index in [9.17, 15) is 15.2 Å². The summed E-state index contributed by atoms with van der Waals surface area (Å²) in [6.07, 6.45) is 1.01. The van der Waals surface area contributed by atoms with E-state index in [1.54, 1.807) is 6.07 Å². The minimum absolute atomic E-state index is 0.247. The molecule has 0 spiro atoms. The highest BCUT2D eigenvalue weighted by Gasteiger charge is 2.37. The van der Waals surface area contributed by atoms with E-state index >= 15 is 0 Å². The summed E-state index contributed by atoms with van der Waals surface area (Å²) in [5.74, 6) is 0.563. The van der Waals surface area contributed by atoms with E-state index in [1.165, 1.54) is 12.1 Å². The standard InChI is InChI=1S/C10H12N2O3/c11-5-7-3-8(7)6-1-2-9(12(14)15)10(13)4-6/h1-2,4,7-8,13H,3,5,11H2. The minimum atomic E-state index is -0.591. The number of nitrogens with two attached hydrogens (primary N) is 1. The largest absolute Gasteiger partial charge is 0.502 e. The molecule has 1 aliphatic rings. The molecule has 3 N–H and O–H groups in total. The van der Waals surface area contributed by atoms with Crippen LogP contribution in [0.3, 0.4) is 0 Å². The average Bonchev–Trinajstić information content (AvgIpc) is 2.95. The molecule has 15 heavy (non-hydrogen) atoms. The summed E-state index contributed by atoms with van der Waals surface area (Å²) in [5, 5.41) is 19.9. The zero-order valence-electron chi connectivity index (χ0n) is 8.09. The molecule has 5 heteroatoms. The van der Waals surface area contributed by atoms with Gasteiger partial charge in [0, 0.05) is 6.07 Å². The van der Waals surface area contributed by atoms with E-state index in [2.05, 4.69) is 0 Å². The van der Waals surface area contributed by atoms with Crippen LogP contribution >= 0.6 is 0 Å². The lowest BCUT2D eigenvalue weighted by Gasteiger charge is -2.01. The van der Waals surface area contributed by atoms with E-state index < -0.39 is 4.92 Å². The Morgan fingerprint density at radius 3 is 2.80 bits per heavy atom. The summed E-state index contributed by atoms with van der Waals surface area (Å²) in [6, 6.07) is 4.51. The molecule has 80 valence electrons. The molecular formula is C10H12N2O3. The summed E-state index contributed by atoms with van der Waals surface area (Å²) in [5.41, 5.74) is 6.20. The maximum absolute atomic E-state index is 10.5. The van der Waals surface area contributed by atoms with Crippen molar-refractivity contribution in [2.45, 2.75) is 12.3 Å². The maximum atomic E-state index is 10.5. The Labute approximate surface area is 86.7 Å². The van der Waals surface area contributed by atoms with Crippen molar-refractivity contribution in [3.63, 3.8) is 0 Å². The third-order valence-electron chi connectivity index (χ3n) is 2.85. The topological polar surface area (TPSA) is 89.4 Å². The van der Waals surface area contributed by atoms with Crippen molar-refractivity contribution in [1.29, 1.82) is 0 Å². The van der Waals surface area contributed by atoms with Crippen molar-refractivity contribution in [2.75, 3.05) is 6.54 Å². The number of hydrogen-bond acceptors (Lipinski definition) is 4. The monoisotopic (exact) mass is 208 g/mol. The molecule has 0 radical (unpaired) electrons. The molecule has 0 bridgehead atoms. The molecule has 1 fully saturated rings. The Bertz CT molecular complexity index is 406. The summed E-state index contributed by atoms with van der Waals surface area (Å²) >= 11 is 0. The third kappa shape index (κ3) is 1.78. The van der Waals surface area contributed by atoms with Crippen molar-refractivity contribution in [1.82, 2.24) is 0 Å². The predicted octanol–water partition coefficient (Wildman–Crippen LogP) is 1.36. The van der Waals surface area contributed by atoms with Gasteiger partial charge in [0.1, 0.15) is 0 Å². The molecule has 1 aliphatic carbocycles. The van der Waals surface area contributed by atoms with Crippen LogP contribution in [0, 0.1) is 16.0 Å². The van der Waals surface area contributed by atoms with E-state index in [0.717, 1.165) is 12.0 Å². The molecule has 0 aromatic heterocycles. The Kier molecular flexibility index (Phi) is 2.32. The fraction of sp³-hybridized carbons (Fsp3) is 0.400. The van der Waals surface area contributed by atoms with Crippen LogP contribution in [-0.4, -0.2) is 16.6 Å². The first-order valence-corrected chi connectivity index (χ1v) is 4.81. The summed E-state index contributed by atoms with van der Waals surface area (Å²) in [4.78, 5) is 9.87. The first-order chi connectivity index (χ1) is 7.13. The number of aromatic hydroxyl groups is 1. The fourth-order valence-corrected chi connectivity index (χ4v) is 1.84. The molecular weight excluding hydrogens is 196 g/mol. The highest BCUT2D eigenvalue weighted by atomic mass is 16.6. The summed E-state index contributed by atoms with van der Waals surface area (Å²) in [6.45, 7) is 0.627. The first kappa shape index (κ1) is 9.92. The van der Waals surface area contributed by atoms with Gasteiger partial charge in [0.05, 0.1) is 4.92 Å². The fourth-order valence-electron chi connectivity index (χ4n) is 1.84. The van der Waals surface area contributed by atoms with E-state index in [1.807, 2.05) is 0 Å². The maximum Gasteiger partial charge on any atom is 0.310 e. The lowest BCUT2D eigenvalue weighted by molar-refractivity contribution is -0.385. The van der Waals surface area contributed by atoms with Gasteiger partial charge < -0.3 is 10.8 Å². The molecule has 0 aliphatic heterocycles. The smallest absolute Gasteiger partial charge is 0.310 e. The van der Waals surface area contributed by atoms with Gasteiger partial charge in [0.25, 0.3) is 0 Å². The Hall–Kier alpha value is -1.62. The molecule has 0 saturated heterocycles. The third-order valence-corrected chi connectivity index (χ3v) is 2.85. The molecule has 1 saturated carbocycles. The second-order valence-corrected chi connectivity index (χ2v) is 3.84. The predicted molar refractivity (Wildman–Crippen MR) is 54.7 cm³/mol. The molecule has 0 amide bonds. The molecule has 1 aromatic rings. The van der Waals surface area contributed by atoms with Crippen LogP contribution in [0.2, 0.25) is 0 Å². The number of phenolic OH excluding ortho intramolecular Hbond substituents is 1. The van der Waals surface area contributed by atoms with Gasteiger partial charge >= 0.3 is 5.69 Å². The number of rotatable bonds is 3. The average molecular weight is 208 g/mol. The van der Waals surface area contributed by atoms with Gasteiger partial charge in [-0.25, -0.2) is 0 Å². The van der Waals surface area contributed by atoms with Crippen LogP contribution in [0.15, 0.2) is 18.2 Å². The van der Waals surface area contributed by atoms with Crippen molar-refractivity contribution in [2.24, 2.45) is 11.7 Å². The molecule has 2 atom stereocenters. The molecule has 5 nitrogen and oxygen atoms in total. The lowest BCUT2D eigenvalue weighted by atomic mass is 10.1. The zero-order valence-corrected chi connectivity index (χ0v) is 8.09. The van der Waals surface area contributed by atoms with Gasteiger partial charge in [-0.2, -0.15) is 0 Å². The Morgan fingerprint density at radius 1 is 1.60 bits per heavy atom. The molecule has 2 rings (SSSR count). The van der Waals surface area contributed by atoms with Gasteiger partial charge in [-0.1, -0.05) is 6.07 Å². The van der Waals surface area contributed by atoms with Gasteiger partial charge in [0.2, 0.25) is 0 Å². The van der Waals surface area contributed by atoms with Gasteiger partial charge in [-0.05, 0) is 36.4 Å². The summed E-state index contributed by atoms with van der Waals surface area (Å²) in [7, 11) is 0. The van der Waals surface area contributed by atoms with Crippen LogP contribution in [0.1, 0.15) is 17.9 Å². The van der Waals surface area contributed by atoms with Gasteiger partial charge in [-0.3, -0.25) is 10.1 Å². The van der Waals surface area contributed by atoms with Crippen molar-refractivity contribution in [3.05, 3.63) is 33.9 Å². The van der Waals surface area contributed by atoms with Crippen LogP contribution in [0.5, 0.6) is 5.75 Å². The Morgan fingerprint density at radius 2 is 2.33 bits per heavy atom. The number of nitro groups is 1. The second kappa shape index (κ2) is 3.51. The van der Waals surface area contributed by atoms with Crippen molar-refractivity contribution in [3.8, 4) is 5.75 Å². The minimum Gasteiger partial charge on any atom is -0.502 e. The van der Waals surface area contributed by atoms with Crippen LogP contribution in [0.4, 0.5) is 5.69 Å². The van der Waals surface area contributed by atoms with Crippen molar-refractivity contribution < 1.29 is 10.0 Å². The SMILES string of the molecule is NCC1CC1c1ccc([N+](=O)[O-])c(O)c1. The number of nitrogens with zero attached hydrogens (tertiary/aromatic N) is 1. The quantitative estimate of drug-likeness (QED) is 0.579. The van der Waals surface area contributed by atoms with Crippen LogP contribution < -0.4 is 5.73 Å². The second-order valence-electron chi connectivity index (χ2n) is 3.84. The normalized spacial score (nSPS) is 23.8. The first-order valence-electron chi connectivity index (χ1n) is 4.81. The number of benzene rings is 1. The van der Waals surface area contributed by atoms with E-state index in [4.69, 9.17) is 5.73 Å². The van der Waals surface area contributed by atoms with Gasteiger partial charge in [-0.15, -0.1) is 0 Å². The number of hydrogen-bond donors (Lipinski definition) is 2. The highest BCUT2D eigenvalue weighted by molar-refractivity contribution is 5.49. The Balaban J connectivity index is 2.23. The number of nitro benzene ring substituents is 1. The van der Waals surface area contributed by atoms with Gasteiger partial charge in [0.15, 0.2) is 5.75 Å². The van der Waals surface area contributed by atoms with E-state index in [-0.39, 0.29) is 11.4 Å². The number of phenols is 1. The molecule has 0 heterocycles.